The minimum absolute atomic E-state index is 0.347. The van der Waals surface area contributed by atoms with Gasteiger partial charge in [-0.05, 0) is 18.4 Å². The van der Waals surface area contributed by atoms with Gasteiger partial charge in [-0.2, -0.15) is 0 Å². The van der Waals surface area contributed by atoms with Crippen LogP contribution in [0, 0.1) is 5.92 Å². The molecule has 1 aliphatic rings. The molecule has 1 aromatic carbocycles. The van der Waals surface area contributed by atoms with Gasteiger partial charge in [-0.1, -0.05) is 30.3 Å². The second-order valence-corrected chi connectivity index (χ2v) is 4.51. The molecular formula is C13H20N2O. The number of piperidine rings is 1. The first kappa shape index (κ1) is 11.6. The van der Waals surface area contributed by atoms with Gasteiger partial charge in [0.15, 0.2) is 0 Å². The number of nitrogens with two attached hydrogens (primary N) is 1. The van der Waals surface area contributed by atoms with Crippen molar-refractivity contribution >= 4 is 0 Å². The number of hydrazine groups is 1. The molecule has 0 amide bonds. The number of rotatable bonds is 3. The SMILES string of the molecule is COC1CCN(N)CC1Cc1ccccc1. The third kappa shape index (κ3) is 2.82. The Balaban J connectivity index is 2.01. The summed E-state index contributed by atoms with van der Waals surface area (Å²) in [5.74, 6) is 6.38. The standard InChI is InChI=1S/C13H20N2O/c1-16-13-7-8-15(14)10-12(13)9-11-5-3-2-4-6-11/h2-6,12-13H,7-10,14H2,1H3. The highest BCUT2D eigenvalue weighted by atomic mass is 16.5. The van der Waals surface area contributed by atoms with Crippen LogP contribution in [0.25, 0.3) is 0 Å². The molecule has 88 valence electrons. The fourth-order valence-corrected chi connectivity index (χ4v) is 2.46. The lowest BCUT2D eigenvalue weighted by Gasteiger charge is -2.35. The van der Waals surface area contributed by atoms with E-state index in [0.29, 0.717) is 12.0 Å². The van der Waals surface area contributed by atoms with Crippen LogP contribution in [0.15, 0.2) is 30.3 Å². The highest BCUT2D eigenvalue weighted by molar-refractivity contribution is 5.15. The summed E-state index contributed by atoms with van der Waals surface area (Å²) in [6.07, 6.45) is 2.43. The van der Waals surface area contributed by atoms with Gasteiger partial charge in [0.25, 0.3) is 0 Å². The average molecular weight is 220 g/mol. The monoisotopic (exact) mass is 220 g/mol. The van der Waals surface area contributed by atoms with Gasteiger partial charge in [-0.3, -0.25) is 5.84 Å². The van der Waals surface area contributed by atoms with Crippen molar-refractivity contribution in [1.29, 1.82) is 0 Å². The molecule has 1 saturated heterocycles. The molecule has 3 nitrogen and oxygen atoms in total. The number of benzene rings is 1. The number of hydrogen-bond donors (Lipinski definition) is 1. The maximum absolute atomic E-state index is 5.87. The molecule has 3 heteroatoms. The zero-order valence-corrected chi connectivity index (χ0v) is 9.80. The summed E-state index contributed by atoms with van der Waals surface area (Å²) < 4.78 is 5.54. The predicted molar refractivity (Wildman–Crippen MR) is 64.8 cm³/mol. The van der Waals surface area contributed by atoms with Crippen LogP contribution in [0.4, 0.5) is 0 Å². The van der Waals surface area contributed by atoms with Crippen LogP contribution < -0.4 is 5.84 Å². The number of nitrogens with zero attached hydrogens (tertiary/aromatic N) is 1. The van der Waals surface area contributed by atoms with Crippen LogP contribution in [0.3, 0.4) is 0 Å². The molecule has 1 fully saturated rings. The normalized spacial score (nSPS) is 26.9. The number of hydrogen-bond acceptors (Lipinski definition) is 3. The van der Waals surface area contributed by atoms with E-state index in [2.05, 4.69) is 24.3 Å². The lowest BCUT2D eigenvalue weighted by molar-refractivity contribution is -0.00651. The Morgan fingerprint density at radius 2 is 2.12 bits per heavy atom. The molecule has 0 radical (unpaired) electrons. The van der Waals surface area contributed by atoms with Crippen molar-refractivity contribution in [3.63, 3.8) is 0 Å². The Labute approximate surface area is 97.2 Å². The molecule has 0 spiro atoms. The quantitative estimate of drug-likeness (QED) is 0.783. The van der Waals surface area contributed by atoms with E-state index in [4.69, 9.17) is 10.6 Å². The molecule has 2 rings (SSSR count). The molecule has 0 aliphatic carbocycles. The topological polar surface area (TPSA) is 38.5 Å². The van der Waals surface area contributed by atoms with Crippen LogP contribution in [0.1, 0.15) is 12.0 Å². The number of methoxy groups -OCH3 is 1. The van der Waals surface area contributed by atoms with Gasteiger partial charge in [0.05, 0.1) is 6.10 Å². The molecular weight excluding hydrogens is 200 g/mol. The summed E-state index contributed by atoms with van der Waals surface area (Å²) in [5, 5.41) is 1.91. The molecule has 2 atom stereocenters. The van der Waals surface area contributed by atoms with Gasteiger partial charge >= 0.3 is 0 Å². The first-order valence-electron chi connectivity index (χ1n) is 5.86. The summed E-state index contributed by atoms with van der Waals surface area (Å²) >= 11 is 0. The van der Waals surface area contributed by atoms with Crippen molar-refractivity contribution in [1.82, 2.24) is 5.01 Å². The maximum Gasteiger partial charge on any atom is 0.0628 e. The molecule has 1 aromatic rings. The predicted octanol–water partition coefficient (Wildman–Crippen LogP) is 1.44. The Kier molecular flexibility index (Phi) is 3.93. The van der Waals surface area contributed by atoms with Crippen molar-refractivity contribution in [3.8, 4) is 0 Å². The van der Waals surface area contributed by atoms with E-state index in [1.54, 1.807) is 7.11 Å². The Hall–Kier alpha value is -0.900. The van der Waals surface area contributed by atoms with Gasteiger partial charge in [-0.15, -0.1) is 0 Å². The molecule has 2 N–H and O–H groups in total. The van der Waals surface area contributed by atoms with E-state index >= 15 is 0 Å². The van der Waals surface area contributed by atoms with Crippen LogP contribution in [-0.4, -0.2) is 31.3 Å². The average Bonchev–Trinajstić information content (AvgIpc) is 2.31. The van der Waals surface area contributed by atoms with Crippen LogP contribution >= 0.6 is 0 Å². The second kappa shape index (κ2) is 5.43. The van der Waals surface area contributed by atoms with Gasteiger partial charge in [0, 0.05) is 26.1 Å². The minimum atomic E-state index is 0.347. The molecule has 2 unspecified atom stereocenters. The summed E-state index contributed by atoms with van der Waals surface area (Å²) in [7, 11) is 1.80. The Morgan fingerprint density at radius 1 is 1.38 bits per heavy atom. The molecule has 1 aliphatic heterocycles. The lowest BCUT2D eigenvalue weighted by atomic mass is 9.89. The second-order valence-electron chi connectivity index (χ2n) is 4.51. The minimum Gasteiger partial charge on any atom is -0.381 e. The smallest absolute Gasteiger partial charge is 0.0628 e. The Morgan fingerprint density at radius 3 is 2.81 bits per heavy atom. The summed E-state index contributed by atoms with van der Waals surface area (Å²) in [6, 6.07) is 10.6. The van der Waals surface area contributed by atoms with Crippen molar-refractivity contribution in [2.45, 2.75) is 18.9 Å². The number of ether oxygens (including phenoxy) is 1. The van der Waals surface area contributed by atoms with Crippen LogP contribution in [-0.2, 0) is 11.2 Å². The van der Waals surface area contributed by atoms with E-state index in [1.807, 2.05) is 11.1 Å². The molecule has 0 aromatic heterocycles. The molecule has 0 saturated carbocycles. The molecule has 1 heterocycles. The van der Waals surface area contributed by atoms with E-state index in [0.717, 1.165) is 25.9 Å². The first-order valence-corrected chi connectivity index (χ1v) is 5.86. The molecule has 0 bridgehead atoms. The van der Waals surface area contributed by atoms with Gasteiger partial charge in [0.1, 0.15) is 0 Å². The van der Waals surface area contributed by atoms with Gasteiger partial charge < -0.3 is 4.74 Å². The third-order valence-electron chi connectivity index (χ3n) is 3.34. The highest BCUT2D eigenvalue weighted by Crippen LogP contribution is 2.21. The summed E-state index contributed by atoms with van der Waals surface area (Å²) in [4.78, 5) is 0. The van der Waals surface area contributed by atoms with Crippen molar-refractivity contribution in [2.75, 3.05) is 20.2 Å². The van der Waals surface area contributed by atoms with E-state index in [-0.39, 0.29) is 0 Å². The van der Waals surface area contributed by atoms with Crippen LogP contribution in [0.5, 0.6) is 0 Å². The third-order valence-corrected chi connectivity index (χ3v) is 3.34. The van der Waals surface area contributed by atoms with Gasteiger partial charge in [-0.25, -0.2) is 5.01 Å². The molecule has 16 heavy (non-hydrogen) atoms. The van der Waals surface area contributed by atoms with Gasteiger partial charge in [0.2, 0.25) is 0 Å². The maximum atomic E-state index is 5.87. The van der Waals surface area contributed by atoms with Crippen LogP contribution in [0.2, 0.25) is 0 Å². The van der Waals surface area contributed by atoms with Crippen molar-refractivity contribution in [2.24, 2.45) is 11.8 Å². The first-order chi connectivity index (χ1) is 7.79. The van der Waals surface area contributed by atoms with E-state index in [1.165, 1.54) is 5.56 Å². The summed E-state index contributed by atoms with van der Waals surface area (Å²) in [6.45, 7) is 1.86. The summed E-state index contributed by atoms with van der Waals surface area (Å²) in [5.41, 5.74) is 1.37. The van der Waals surface area contributed by atoms with E-state index < -0.39 is 0 Å². The van der Waals surface area contributed by atoms with Crippen molar-refractivity contribution in [3.05, 3.63) is 35.9 Å². The highest BCUT2D eigenvalue weighted by Gasteiger charge is 2.27. The fourth-order valence-electron chi connectivity index (χ4n) is 2.46. The van der Waals surface area contributed by atoms with E-state index in [9.17, 15) is 0 Å². The van der Waals surface area contributed by atoms with Crippen molar-refractivity contribution < 1.29 is 4.74 Å². The Bertz CT molecular complexity index is 315. The zero-order chi connectivity index (χ0) is 11.4. The zero-order valence-electron chi connectivity index (χ0n) is 9.80. The largest absolute Gasteiger partial charge is 0.381 e. The lowest BCUT2D eigenvalue weighted by Crippen LogP contribution is -2.47. The fraction of sp³-hybridized carbons (Fsp3) is 0.538.